The Bertz CT molecular complexity index is 1240. The Morgan fingerprint density at radius 1 is 0.909 bits per heavy atom. The topological polar surface area (TPSA) is 69.0 Å². The highest BCUT2D eigenvalue weighted by Crippen LogP contribution is 2.29. The van der Waals surface area contributed by atoms with E-state index in [0.29, 0.717) is 11.0 Å². The standard InChI is InChI=1S/C26H26N4O2S/c1-17-5-9-22(10-6-17)30-25(20-7-11-23(32-4)12-8-20)28-29-26(30)33-16-24(31)27-21-14-18(2)13-19(3)15-21/h5-15H,16H2,1-4H3,(H,27,31). The summed E-state index contributed by atoms with van der Waals surface area (Å²) in [5, 5.41) is 12.5. The SMILES string of the molecule is COc1ccc(-c2nnc(SCC(=O)Nc3cc(C)cc(C)c3)n2-c2ccc(C)cc2)cc1. The molecule has 1 aromatic heterocycles. The van der Waals surface area contributed by atoms with Gasteiger partial charge in [0.2, 0.25) is 5.91 Å². The van der Waals surface area contributed by atoms with E-state index in [0.717, 1.165) is 33.8 Å². The highest BCUT2D eigenvalue weighted by molar-refractivity contribution is 7.99. The number of methoxy groups -OCH3 is 1. The van der Waals surface area contributed by atoms with Gasteiger partial charge >= 0.3 is 0 Å². The molecule has 4 rings (SSSR count). The number of carbonyl (C=O) groups is 1. The van der Waals surface area contributed by atoms with Crippen molar-refractivity contribution >= 4 is 23.4 Å². The first kappa shape index (κ1) is 22.6. The predicted molar refractivity (Wildman–Crippen MR) is 133 cm³/mol. The molecular formula is C26H26N4O2S. The molecule has 0 bridgehead atoms. The van der Waals surface area contributed by atoms with E-state index in [9.17, 15) is 4.79 Å². The van der Waals surface area contributed by atoms with E-state index in [1.165, 1.54) is 17.3 Å². The van der Waals surface area contributed by atoms with Gasteiger partial charge in [0.15, 0.2) is 11.0 Å². The molecule has 0 spiro atoms. The molecule has 0 aliphatic heterocycles. The lowest BCUT2D eigenvalue weighted by Crippen LogP contribution is -2.14. The van der Waals surface area contributed by atoms with Crippen LogP contribution in [0.1, 0.15) is 16.7 Å². The third-order valence-electron chi connectivity index (χ3n) is 5.11. The largest absolute Gasteiger partial charge is 0.497 e. The molecule has 33 heavy (non-hydrogen) atoms. The van der Waals surface area contributed by atoms with Crippen LogP contribution in [0.2, 0.25) is 0 Å². The Morgan fingerprint density at radius 2 is 1.58 bits per heavy atom. The fraction of sp³-hybridized carbons (Fsp3) is 0.192. The smallest absolute Gasteiger partial charge is 0.234 e. The molecule has 0 radical (unpaired) electrons. The Labute approximate surface area is 198 Å². The van der Waals surface area contributed by atoms with Gasteiger partial charge in [-0.2, -0.15) is 0 Å². The summed E-state index contributed by atoms with van der Waals surface area (Å²) >= 11 is 1.36. The maximum atomic E-state index is 12.6. The van der Waals surface area contributed by atoms with Crippen molar-refractivity contribution in [2.24, 2.45) is 0 Å². The minimum atomic E-state index is -0.0885. The first-order chi connectivity index (χ1) is 15.9. The quantitative estimate of drug-likeness (QED) is 0.365. The molecule has 0 saturated carbocycles. The second-order valence-electron chi connectivity index (χ2n) is 7.92. The second kappa shape index (κ2) is 9.92. The fourth-order valence-electron chi connectivity index (χ4n) is 3.59. The number of amides is 1. The Balaban J connectivity index is 1.60. The van der Waals surface area contributed by atoms with Crippen LogP contribution in [0.15, 0.2) is 71.9 Å². The zero-order valence-electron chi connectivity index (χ0n) is 19.1. The van der Waals surface area contributed by atoms with Crippen LogP contribution in [0.5, 0.6) is 5.75 Å². The number of rotatable bonds is 7. The van der Waals surface area contributed by atoms with Crippen molar-refractivity contribution in [2.45, 2.75) is 25.9 Å². The maximum Gasteiger partial charge on any atom is 0.234 e. The molecule has 7 heteroatoms. The molecule has 1 heterocycles. The average Bonchev–Trinajstić information content (AvgIpc) is 3.21. The van der Waals surface area contributed by atoms with Gasteiger partial charge in [-0.15, -0.1) is 10.2 Å². The number of thioether (sulfide) groups is 1. The minimum absolute atomic E-state index is 0.0885. The van der Waals surface area contributed by atoms with Gasteiger partial charge < -0.3 is 10.1 Å². The molecular weight excluding hydrogens is 432 g/mol. The van der Waals surface area contributed by atoms with Crippen molar-refractivity contribution in [1.82, 2.24) is 14.8 Å². The summed E-state index contributed by atoms with van der Waals surface area (Å²) in [4.78, 5) is 12.6. The molecule has 168 valence electrons. The molecule has 0 atom stereocenters. The van der Waals surface area contributed by atoms with Gasteiger partial charge in [0, 0.05) is 16.9 Å². The van der Waals surface area contributed by atoms with Crippen molar-refractivity contribution in [3.63, 3.8) is 0 Å². The van der Waals surface area contributed by atoms with E-state index in [4.69, 9.17) is 4.74 Å². The zero-order chi connectivity index (χ0) is 23.4. The summed E-state index contributed by atoms with van der Waals surface area (Å²) in [6, 6.07) is 21.9. The molecule has 4 aromatic rings. The lowest BCUT2D eigenvalue weighted by atomic mass is 10.1. The third-order valence-corrected chi connectivity index (χ3v) is 6.04. The monoisotopic (exact) mass is 458 g/mol. The average molecular weight is 459 g/mol. The number of ether oxygens (including phenoxy) is 1. The van der Waals surface area contributed by atoms with E-state index in [2.05, 4.69) is 21.6 Å². The van der Waals surface area contributed by atoms with Gasteiger partial charge in [-0.05, 0) is 80.4 Å². The summed E-state index contributed by atoms with van der Waals surface area (Å²) in [6.07, 6.45) is 0. The number of nitrogens with zero attached hydrogens (tertiary/aromatic N) is 3. The molecule has 1 N–H and O–H groups in total. The van der Waals surface area contributed by atoms with Gasteiger partial charge in [-0.1, -0.05) is 35.5 Å². The molecule has 0 saturated heterocycles. The van der Waals surface area contributed by atoms with Gasteiger partial charge in [-0.3, -0.25) is 9.36 Å². The van der Waals surface area contributed by atoms with E-state index >= 15 is 0 Å². The molecule has 6 nitrogen and oxygen atoms in total. The Hall–Kier alpha value is -3.58. The number of anilines is 1. The molecule has 1 amide bonds. The predicted octanol–water partition coefficient (Wildman–Crippen LogP) is 5.60. The van der Waals surface area contributed by atoms with Gasteiger partial charge in [0.1, 0.15) is 5.75 Å². The molecule has 0 unspecified atom stereocenters. The number of benzene rings is 3. The van der Waals surface area contributed by atoms with Crippen LogP contribution < -0.4 is 10.1 Å². The first-order valence-corrected chi connectivity index (χ1v) is 11.6. The Morgan fingerprint density at radius 3 is 2.21 bits per heavy atom. The van der Waals surface area contributed by atoms with E-state index in [1.54, 1.807) is 7.11 Å². The van der Waals surface area contributed by atoms with Crippen LogP contribution in [-0.4, -0.2) is 33.5 Å². The maximum absolute atomic E-state index is 12.6. The van der Waals surface area contributed by atoms with Crippen molar-refractivity contribution in [3.8, 4) is 22.8 Å². The third kappa shape index (κ3) is 5.43. The van der Waals surface area contributed by atoms with Crippen LogP contribution in [0.25, 0.3) is 17.1 Å². The van der Waals surface area contributed by atoms with Crippen molar-refractivity contribution in [1.29, 1.82) is 0 Å². The second-order valence-corrected chi connectivity index (χ2v) is 8.86. The summed E-state index contributed by atoms with van der Waals surface area (Å²) < 4.78 is 7.26. The molecule has 0 aliphatic carbocycles. The molecule has 0 fully saturated rings. The number of nitrogens with one attached hydrogen (secondary N) is 1. The van der Waals surface area contributed by atoms with Crippen LogP contribution >= 0.6 is 11.8 Å². The van der Waals surface area contributed by atoms with Gasteiger partial charge in [-0.25, -0.2) is 0 Å². The fourth-order valence-corrected chi connectivity index (χ4v) is 4.34. The summed E-state index contributed by atoms with van der Waals surface area (Å²) in [5.74, 6) is 1.62. The number of hydrogen-bond donors (Lipinski definition) is 1. The van der Waals surface area contributed by atoms with E-state index in [-0.39, 0.29) is 11.7 Å². The number of aromatic nitrogens is 3. The van der Waals surface area contributed by atoms with Crippen molar-refractivity contribution in [3.05, 3.63) is 83.4 Å². The van der Waals surface area contributed by atoms with Crippen molar-refractivity contribution < 1.29 is 9.53 Å². The lowest BCUT2D eigenvalue weighted by Gasteiger charge is -2.11. The summed E-state index contributed by atoms with van der Waals surface area (Å²) in [5.41, 5.74) is 6.04. The Kier molecular flexibility index (Phi) is 6.79. The lowest BCUT2D eigenvalue weighted by molar-refractivity contribution is -0.113. The van der Waals surface area contributed by atoms with Crippen molar-refractivity contribution in [2.75, 3.05) is 18.2 Å². The van der Waals surface area contributed by atoms with Crippen LogP contribution in [-0.2, 0) is 4.79 Å². The first-order valence-electron chi connectivity index (χ1n) is 10.6. The zero-order valence-corrected chi connectivity index (χ0v) is 19.9. The highest BCUT2D eigenvalue weighted by Gasteiger charge is 2.17. The van der Waals surface area contributed by atoms with Crippen LogP contribution in [0.3, 0.4) is 0 Å². The normalized spacial score (nSPS) is 10.8. The van der Waals surface area contributed by atoms with Gasteiger partial charge in [0.25, 0.3) is 0 Å². The number of aryl methyl sites for hydroxylation is 3. The minimum Gasteiger partial charge on any atom is -0.497 e. The summed E-state index contributed by atoms with van der Waals surface area (Å²) in [6.45, 7) is 6.08. The number of carbonyl (C=O) groups excluding carboxylic acids is 1. The van der Waals surface area contributed by atoms with Gasteiger partial charge in [0.05, 0.1) is 12.9 Å². The van der Waals surface area contributed by atoms with Crippen LogP contribution in [0, 0.1) is 20.8 Å². The molecule has 0 aliphatic rings. The number of hydrogen-bond acceptors (Lipinski definition) is 5. The van der Waals surface area contributed by atoms with E-state index < -0.39 is 0 Å². The highest BCUT2D eigenvalue weighted by atomic mass is 32.2. The van der Waals surface area contributed by atoms with E-state index in [1.807, 2.05) is 86.0 Å². The molecule has 3 aromatic carbocycles. The summed E-state index contributed by atoms with van der Waals surface area (Å²) in [7, 11) is 1.64. The van der Waals surface area contributed by atoms with Crippen LogP contribution in [0.4, 0.5) is 5.69 Å².